The Kier molecular flexibility index (Phi) is 8.30. The van der Waals surface area contributed by atoms with Crippen LogP contribution in [0.15, 0.2) is 36.4 Å². The molecule has 0 spiro atoms. The number of alkyl halides is 9. The van der Waals surface area contributed by atoms with Gasteiger partial charge in [0, 0.05) is 12.0 Å². The fraction of sp³-hybridized carbons (Fsp3) is 0.480. The van der Waals surface area contributed by atoms with E-state index >= 15 is 0 Å². The van der Waals surface area contributed by atoms with Crippen molar-refractivity contribution >= 4 is 11.8 Å². The highest BCUT2D eigenvalue weighted by Gasteiger charge is 2.43. The average Bonchev–Trinajstić information content (AvgIpc) is 2.82. The molecule has 2 aromatic carbocycles. The highest BCUT2D eigenvalue weighted by molar-refractivity contribution is 5.90. The van der Waals surface area contributed by atoms with Crippen molar-refractivity contribution in [1.82, 2.24) is 0 Å². The molecule has 4 nitrogen and oxygen atoms in total. The summed E-state index contributed by atoms with van der Waals surface area (Å²) in [5, 5.41) is 0. The Bertz CT molecular complexity index is 1130. The molecule has 3 rings (SSSR count). The molecule has 38 heavy (non-hydrogen) atoms. The highest BCUT2D eigenvalue weighted by Crippen LogP contribution is 2.49. The van der Waals surface area contributed by atoms with E-state index in [2.05, 4.69) is 0 Å². The zero-order valence-electron chi connectivity index (χ0n) is 20.3. The van der Waals surface area contributed by atoms with E-state index < -0.39 is 71.3 Å². The van der Waals surface area contributed by atoms with Gasteiger partial charge in [-0.2, -0.15) is 39.5 Å². The van der Waals surface area contributed by atoms with Crippen molar-refractivity contribution in [3.8, 4) is 0 Å². The molecule has 210 valence electrons. The number of nitrogens with zero attached hydrogens (tertiary/aromatic N) is 1. The van der Waals surface area contributed by atoms with Gasteiger partial charge in [0.05, 0.1) is 29.0 Å². The maximum atomic E-state index is 13.6. The zero-order chi connectivity index (χ0) is 28.6. The van der Waals surface area contributed by atoms with Crippen molar-refractivity contribution in [3.05, 3.63) is 64.2 Å². The summed E-state index contributed by atoms with van der Waals surface area (Å²) < 4.78 is 127. The van der Waals surface area contributed by atoms with Gasteiger partial charge < -0.3 is 10.5 Å². The number of rotatable bonds is 5. The molecule has 2 unspecified atom stereocenters. The van der Waals surface area contributed by atoms with Crippen molar-refractivity contribution in [2.24, 2.45) is 5.73 Å². The third kappa shape index (κ3) is 6.02. The zero-order valence-corrected chi connectivity index (χ0v) is 20.3. The van der Waals surface area contributed by atoms with Crippen LogP contribution in [0.5, 0.6) is 0 Å². The number of fused-ring (bicyclic) bond motifs is 1. The van der Waals surface area contributed by atoms with Gasteiger partial charge in [0.2, 0.25) is 0 Å². The second-order valence-electron chi connectivity index (χ2n) is 8.93. The van der Waals surface area contributed by atoms with E-state index in [9.17, 15) is 44.3 Å². The number of anilines is 1. The molecule has 0 saturated carbocycles. The van der Waals surface area contributed by atoms with Gasteiger partial charge in [0.15, 0.2) is 0 Å². The summed E-state index contributed by atoms with van der Waals surface area (Å²) in [6, 6.07) is 2.97. The number of nitrogens with two attached hydrogens (primary N) is 1. The standard InChI is InChI=1S/C25H25F9N2O2/c1-3-17-11-18(19-10-14(23(26,27)28)5-6-21(19)36(17)22(37)38-4-2)20(12-35)13-7-15(24(29,30)31)9-16(8-13)25(32,33)34/h5-10,17-18,20H,3-4,11-12,35H2,1-2H3/t17-,18?,20?/m0/s1. The molecule has 2 aromatic rings. The summed E-state index contributed by atoms with van der Waals surface area (Å²) >= 11 is 0. The number of hydrogen-bond acceptors (Lipinski definition) is 3. The van der Waals surface area contributed by atoms with E-state index in [1.54, 1.807) is 6.92 Å². The lowest BCUT2D eigenvalue weighted by molar-refractivity contribution is -0.143. The van der Waals surface area contributed by atoms with E-state index in [1.165, 1.54) is 11.8 Å². The smallest absolute Gasteiger partial charge is 0.416 e. The molecule has 0 bridgehead atoms. The molecule has 3 atom stereocenters. The van der Waals surface area contributed by atoms with Gasteiger partial charge in [-0.1, -0.05) is 6.92 Å². The lowest BCUT2D eigenvalue weighted by Gasteiger charge is -2.43. The molecule has 1 heterocycles. The van der Waals surface area contributed by atoms with Gasteiger partial charge >= 0.3 is 24.6 Å². The first kappa shape index (κ1) is 29.6. The van der Waals surface area contributed by atoms with Gasteiger partial charge in [-0.25, -0.2) is 4.79 Å². The van der Waals surface area contributed by atoms with Crippen LogP contribution in [0.25, 0.3) is 0 Å². The van der Waals surface area contributed by atoms with Crippen LogP contribution in [0.4, 0.5) is 50.0 Å². The summed E-state index contributed by atoms with van der Waals surface area (Å²) in [5.74, 6) is -2.25. The predicted octanol–water partition coefficient (Wildman–Crippen LogP) is 7.71. The third-order valence-corrected chi connectivity index (χ3v) is 6.62. The monoisotopic (exact) mass is 556 g/mol. The molecule has 1 aliphatic heterocycles. The number of benzene rings is 2. The summed E-state index contributed by atoms with van der Waals surface area (Å²) in [6.07, 6.45) is -15.6. The first-order valence-electron chi connectivity index (χ1n) is 11.7. The Hall–Kier alpha value is -2.96. The van der Waals surface area contributed by atoms with Crippen LogP contribution in [0.3, 0.4) is 0 Å². The van der Waals surface area contributed by atoms with Crippen LogP contribution in [0.2, 0.25) is 0 Å². The van der Waals surface area contributed by atoms with E-state index in [0.29, 0.717) is 12.1 Å². The fourth-order valence-corrected chi connectivity index (χ4v) is 4.87. The minimum absolute atomic E-state index is 0.0228. The Morgan fingerprint density at radius 3 is 1.92 bits per heavy atom. The number of carbonyl (C=O) groups excluding carboxylic acids is 1. The summed E-state index contributed by atoms with van der Waals surface area (Å²) in [7, 11) is 0. The number of amides is 1. The predicted molar refractivity (Wildman–Crippen MR) is 121 cm³/mol. The van der Waals surface area contributed by atoms with Crippen LogP contribution in [0.1, 0.15) is 66.3 Å². The normalized spacial score (nSPS) is 19.2. The largest absolute Gasteiger partial charge is 0.449 e. The molecular weight excluding hydrogens is 531 g/mol. The minimum atomic E-state index is -5.12. The average molecular weight is 556 g/mol. The van der Waals surface area contributed by atoms with E-state index in [0.717, 1.165) is 18.2 Å². The van der Waals surface area contributed by atoms with E-state index in [-0.39, 0.29) is 36.8 Å². The van der Waals surface area contributed by atoms with Gasteiger partial charge in [-0.05, 0) is 79.8 Å². The molecule has 1 aliphatic rings. The van der Waals surface area contributed by atoms with Gasteiger partial charge in [-0.3, -0.25) is 4.90 Å². The molecule has 1 amide bonds. The van der Waals surface area contributed by atoms with Crippen molar-refractivity contribution in [3.63, 3.8) is 0 Å². The molecule has 0 radical (unpaired) electrons. The number of hydrogen-bond donors (Lipinski definition) is 1. The van der Waals surface area contributed by atoms with Crippen molar-refractivity contribution in [1.29, 1.82) is 0 Å². The summed E-state index contributed by atoms with van der Waals surface area (Å²) in [5.41, 5.74) is 1.22. The summed E-state index contributed by atoms with van der Waals surface area (Å²) in [4.78, 5) is 13.9. The van der Waals surface area contributed by atoms with Crippen LogP contribution in [-0.4, -0.2) is 25.3 Å². The highest BCUT2D eigenvalue weighted by atomic mass is 19.4. The van der Waals surface area contributed by atoms with Crippen LogP contribution < -0.4 is 10.6 Å². The van der Waals surface area contributed by atoms with Crippen LogP contribution >= 0.6 is 0 Å². The second-order valence-corrected chi connectivity index (χ2v) is 8.93. The van der Waals surface area contributed by atoms with Crippen molar-refractivity contribution < 1.29 is 49.0 Å². The molecule has 0 aliphatic carbocycles. The summed E-state index contributed by atoms with van der Waals surface area (Å²) in [6.45, 7) is 2.73. The van der Waals surface area contributed by atoms with Crippen molar-refractivity contribution in [2.75, 3.05) is 18.1 Å². The lowest BCUT2D eigenvalue weighted by Crippen LogP contribution is -2.46. The van der Waals surface area contributed by atoms with E-state index in [4.69, 9.17) is 10.5 Å². The van der Waals surface area contributed by atoms with Crippen LogP contribution in [0, 0.1) is 0 Å². The van der Waals surface area contributed by atoms with Gasteiger partial charge in [0.1, 0.15) is 0 Å². The first-order chi connectivity index (χ1) is 17.5. The first-order valence-corrected chi connectivity index (χ1v) is 11.7. The molecule has 0 saturated heterocycles. The fourth-order valence-electron chi connectivity index (χ4n) is 4.87. The Balaban J connectivity index is 2.27. The SMILES string of the molecule is CCOC(=O)N1c2ccc(C(F)(F)F)cc2C(C(CN)c2cc(C(F)(F)F)cc(C(F)(F)F)c2)C[C@@H]1CC. The molecule has 2 N–H and O–H groups in total. The van der Waals surface area contributed by atoms with Gasteiger partial charge in [0.25, 0.3) is 0 Å². The van der Waals surface area contributed by atoms with E-state index in [1.807, 2.05) is 0 Å². The number of halogens is 9. The minimum Gasteiger partial charge on any atom is -0.449 e. The quantitative estimate of drug-likeness (QED) is 0.384. The topological polar surface area (TPSA) is 55.6 Å². The Morgan fingerprint density at radius 2 is 1.47 bits per heavy atom. The Labute approximate surface area is 212 Å². The Morgan fingerprint density at radius 1 is 0.921 bits per heavy atom. The molecule has 0 aromatic heterocycles. The van der Waals surface area contributed by atoms with Crippen LogP contribution in [-0.2, 0) is 23.3 Å². The maximum absolute atomic E-state index is 13.6. The number of carbonyl (C=O) groups is 1. The second kappa shape index (κ2) is 10.7. The number of ether oxygens (including phenoxy) is 1. The van der Waals surface area contributed by atoms with Crippen molar-refractivity contribution in [2.45, 2.75) is 63.1 Å². The lowest BCUT2D eigenvalue weighted by atomic mass is 9.73. The molecule has 13 heteroatoms. The third-order valence-electron chi connectivity index (χ3n) is 6.62. The maximum Gasteiger partial charge on any atom is 0.416 e. The van der Waals surface area contributed by atoms with Gasteiger partial charge in [-0.15, -0.1) is 0 Å². The molecular formula is C25H25F9N2O2. The molecule has 0 fully saturated rings.